The van der Waals surface area contributed by atoms with E-state index < -0.39 is 5.97 Å². The summed E-state index contributed by atoms with van der Waals surface area (Å²) in [5.41, 5.74) is 1.35. The highest BCUT2D eigenvalue weighted by Gasteiger charge is 2.12. The van der Waals surface area contributed by atoms with Crippen LogP contribution in [0.3, 0.4) is 0 Å². The number of esters is 1. The van der Waals surface area contributed by atoms with Crippen molar-refractivity contribution in [2.24, 2.45) is 0 Å². The lowest BCUT2D eigenvalue weighted by Gasteiger charge is -2.12. The van der Waals surface area contributed by atoms with E-state index in [1.54, 1.807) is 42.5 Å². The molecule has 0 aliphatic carbocycles. The minimum atomic E-state index is -0.588. The zero-order valence-corrected chi connectivity index (χ0v) is 15.7. The molecule has 0 fully saturated rings. The Morgan fingerprint density at radius 3 is 2.68 bits per heavy atom. The van der Waals surface area contributed by atoms with Gasteiger partial charge in [-0.2, -0.15) is 0 Å². The number of ketones is 1. The van der Waals surface area contributed by atoms with E-state index in [2.05, 4.69) is 4.98 Å². The smallest absolute Gasteiger partial charge is 0.326 e. The van der Waals surface area contributed by atoms with Gasteiger partial charge in [-0.3, -0.25) is 19.0 Å². The lowest BCUT2D eigenvalue weighted by molar-refractivity contribution is -0.145. The van der Waals surface area contributed by atoms with Gasteiger partial charge in [0.1, 0.15) is 18.9 Å². The van der Waals surface area contributed by atoms with E-state index in [4.69, 9.17) is 9.47 Å². The Kier molecular flexibility index (Phi) is 5.84. The number of Topliss-reactive ketones (excluding diaryl/α,β-unsaturated/α-hetero) is 1. The number of rotatable bonds is 7. The Morgan fingerprint density at radius 2 is 1.93 bits per heavy atom. The molecule has 0 aliphatic rings. The number of ether oxygens (including phenoxy) is 2. The number of hydrogen-bond donors (Lipinski definition) is 0. The second kappa shape index (κ2) is 8.47. The SMILES string of the molecule is CCOc1ccc(C(C)=O)cc1COC(=O)Cn1cnc2ccccc2c1=O. The first kappa shape index (κ1) is 19.3. The largest absolute Gasteiger partial charge is 0.493 e. The molecule has 7 nitrogen and oxygen atoms in total. The molecule has 0 atom stereocenters. The van der Waals surface area contributed by atoms with Crippen LogP contribution in [0.15, 0.2) is 53.6 Å². The van der Waals surface area contributed by atoms with Gasteiger partial charge in [-0.25, -0.2) is 4.98 Å². The number of fused-ring (bicyclic) bond motifs is 1. The summed E-state index contributed by atoms with van der Waals surface area (Å²) in [4.78, 5) is 40.5. The zero-order chi connectivity index (χ0) is 20.1. The van der Waals surface area contributed by atoms with E-state index >= 15 is 0 Å². The average molecular weight is 380 g/mol. The summed E-state index contributed by atoms with van der Waals surface area (Å²) in [7, 11) is 0. The van der Waals surface area contributed by atoms with Gasteiger partial charge in [0, 0.05) is 11.1 Å². The Bertz CT molecular complexity index is 1090. The van der Waals surface area contributed by atoms with Crippen LogP contribution in [0.5, 0.6) is 5.75 Å². The molecule has 2 aromatic carbocycles. The molecule has 0 aliphatic heterocycles. The molecule has 0 N–H and O–H groups in total. The molecule has 0 saturated heterocycles. The van der Waals surface area contributed by atoms with Crippen molar-refractivity contribution >= 4 is 22.7 Å². The monoisotopic (exact) mass is 380 g/mol. The fraction of sp³-hybridized carbons (Fsp3) is 0.238. The standard InChI is InChI=1S/C21H20N2O5/c1-3-27-19-9-8-15(14(2)24)10-16(19)12-28-20(25)11-23-13-22-18-7-5-4-6-17(18)21(23)26/h4-10,13H,3,11-12H2,1-2H3. The number of para-hydroxylation sites is 1. The van der Waals surface area contributed by atoms with Gasteiger partial charge in [-0.15, -0.1) is 0 Å². The second-order valence-corrected chi connectivity index (χ2v) is 6.17. The van der Waals surface area contributed by atoms with Crippen LogP contribution in [0.4, 0.5) is 0 Å². The van der Waals surface area contributed by atoms with Crippen molar-refractivity contribution in [3.63, 3.8) is 0 Å². The third-order valence-corrected chi connectivity index (χ3v) is 4.19. The maximum atomic E-state index is 12.5. The zero-order valence-electron chi connectivity index (χ0n) is 15.7. The molecular formula is C21H20N2O5. The van der Waals surface area contributed by atoms with Crippen LogP contribution in [0.25, 0.3) is 10.9 Å². The van der Waals surface area contributed by atoms with Gasteiger partial charge in [0.05, 0.1) is 23.8 Å². The maximum absolute atomic E-state index is 12.5. The third kappa shape index (κ3) is 4.25. The predicted molar refractivity (Wildman–Crippen MR) is 103 cm³/mol. The van der Waals surface area contributed by atoms with Gasteiger partial charge in [0.25, 0.3) is 5.56 Å². The van der Waals surface area contributed by atoms with E-state index in [1.165, 1.54) is 17.8 Å². The number of aromatic nitrogens is 2. The number of carbonyl (C=O) groups is 2. The normalized spacial score (nSPS) is 10.6. The van der Waals surface area contributed by atoms with Gasteiger partial charge in [-0.05, 0) is 44.2 Å². The molecule has 0 unspecified atom stereocenters. The van der Waals surface area contributed by atoms with Crippen molar-refractivity contribution < 1.29 is 19.1 Å². The summed E-state index contributed by atoms with van der Waals surface area (Å²) in [5, 5.41) is 0.436. The van der Waals surface area contributed by atoms with Gasteiger partial charge in [-0.1, -0.05) is 12.1 Å². The van der Waals surface area contributed by atoms with Crippen molar-refractivity contribution in [2.45, 2.75) is 27.0 Å². The van der Waals surface area contributed by atoms with Crippen LogP contribution in [0.2, 0.25) is 0 Å². The quantitative estimate of drug-likeness (QED) is 0.463. The summed E-state index contributed by atoms with van der Waals surface area (Å²) < 4.78 is 12.0. The first-order chi connectivity index (χ1) is 13.5. The van der Waals surface area contributed by atoms with E-state index in [9.17, 15) is 14.4 Å². The first-order valence-electron chi connectivity index (χ1n) is 8.86. The fourth-order valence-corrected chi connectivity index (χ4v) is 2.77. The van der Waals surface area contributed by atoms with Crippen molar-refractivity contribution in [2.75, 3.05) is 6.61 Å². The van der Waals surface area contributed by atoms with Crippen molar-refractivity contribution in [1.29, 1.82) is 0 Å². The first-order valence-corrected chi connectivity index (χ1v) is 8.86. The third-order valence-electron chi connectivity index (χ3n) is 4.19. The van der Waals surface area contributed by atoms with Crippen molar-refractivity contribution in [1.82, 2.24) is 9.55 Å². The van der Waals surface area contributed by atoms with Crippen molar-refractivity contribution in [3.05, 3.63) is 70.3 Å². The topological polar surface area (TPSA) is 87.5 Å². The van der Waals surface area contributed by atoms with Gasteiger partial charge in [0.2, 0.25) is 0 Å². The van der Waals surface area contributed by atoms with Gasteiger partial charge in [0.15, 0.2) is 5.78 Å². The average Bonchev–Trinajstić information content (AvgIpc) is 2.69. The molecule has 0 spiro atoms. The molecule has 0 bridgehead atoms. The molecule has 3 rings (SSSR count). The lowest BCUT2D eigenvalue weighted by Crippen LogP contribution is -2.25. The number of carbonyl (C=O) groups excluding carboxylic acids is 2. The van der Waals surface area contributed by atoms with Crippen LogP contribution in [-0.4, -0.2) is 27.9 Å². The van der Waals surface area contributed by atoms with Gasteiger partial charge >= 0.3 is 5.97 Å². The van der Waals surface area contributed by atoms with Crippen LogP contribution in [0, 0.1) is 0 Å². The number of benzene rings is 2. The summed E-state index contributed by atoms with van der Waals surface area (Å²) in [6, 6.07) is 11.9. The van der Waals surface area contributed by atoms with E-state index in [0.717, 1.165) is 0 Å². The summed E-state index contributed by atoms with van der Waals surface area (Å²) in [5.74, 6) is -0.135. The number of hydrogen-bond acceptors (Lipinski definition) is 6. The predicted octanol–water partition coefficient (Wildman–Crippen LogP) is 2.74. The Hall–Kier alpha value is -3.48. The van der Waals surface area contributed by atoms with Crippen LogP contribution >= 0.6 is 0 Å². The molecule has 0 saturated carbocycles. The van der Waals surface area contributed by atoms with Crippen molar-refractivity contribution in [3.8, 4) is 5.75 Å². The Balaban J connectivity index is 1.74. The minimum Gasteiger partial charge on any atom is -0.493 e. The summed E-state index contributed by atoms with van der Waals surface area (Å²) in [6.07, 6.45) is 1.33. The summed E-state index contributed by atoms with van der Waals surface area (Å²) in [6.45, 7) is 3.43. The maximum Gasteiger partial charge on any atom is 0.326 e. The number of nitrogens with zero attached hydrogens (tertiary/aromatic N) is 2. The molecule has 7 heteroatoms. The van der Waals surface area contributed by atoms with Crippen LogP contribution in [0.1, 0.15) is 29.8 Å². The van der Waals surface area contributed by atoms with Gasteiger partial charge < -0.3 is 9.47 Å². The Morgan fingerprint density at radius 1 is 1.14 bits per heavy atom. The van der Waals surface area contributed by atoms with Crippen LogP contribution < -0.4 is 10.3 Å². The highest BCUT2D eigenvalue weighted by molar-refractivity contribution is 5.94. The molecule has 0 amide bonds. The Labute approximate surface area is 161 Å². The second-order valence-electron chi connectivity index (χ2n) is 6.17. The summed E-state index contributed by atoms with van der Waals surface area (Å²) >= 11 is 0. The highest BCUT2D eigenvalue weighted by Crippen LogP contribution is 2.22. The minimum absolute atomic E-state index is 0.0644. The molecule has 28 heavy (non-hydrogen) atoms. The molecule has 1 heterocycles. The molecule has 144 valence electrons. The highest BCUT2D eigenvalue weighted by atomic mass is 16.5. The van der Waals surface area contributed by atoms with Crippen LogP contribution in [-0.2, 0) is 22.7 Å². The van der Waals surface area contributed by atoms with E-state index in [-0.39, 0.29) is 24.5 Å². The molecule has 3 aromatic rings. The lowest BCUT2D eigenvalue weighted by atomic mass is 10.1. The van der Waals surface area contributed by atoms with E-state index in [0.29, 0.717) is 34.4 Å². The van der Waals surface area contributed by atoms with E-state index in [1.807, 2.05) is 6.92 Å². The molecular weight excluding hydrogens is 360 g/mol. The fourth-order valence-electron chi connectivity index (χ4n) is 2.77. The molecule has 1 aromatic heterocycles. The molecule has 0 radical (unpaired) electrons.